The van der Waals surface area contributed by atoms with Crippen molar-refractivity contribution in [2.45, 2.75) is 0 Å². The van der Waals surface area contributed by atoms with Crippen molar-refractivity contribution in [1.29, 1.82) is 0 Å². The summed E-state index contributed by atoms with van der Waals surface area (Å²) in [5.74, 6) is -14.4. The van der Waals surface area contributed by atoms with Gasteiger partial charge >= 0.3 is 29.6 Å². The van der Waals surface area contributed by atoms with Crippen LogP contribution in [0, 0.1) is 29.1 Å². The number of hydrogen-bond acceptors (Lipinski definition) is 2. The Morgan fingerprint density at radius 1 is 0.812 bits per heavy atom. The van der Waals surface area contributed by atoms with Gasteiger partial charge in [-0.1, -0.05) is 0 Å². The Morgan fingerprint density at radius 2 is 1.06 bits per heavy atom. The van der Waals surface area contributed by atoms with Gasteiger partial charge in [0, 0.05) is 0 Å². The molecule has 0 saturated carbocycles. The van der Waals surface area contributed by atoms with Crippen LogP contribution in [0.15, 0.2) is 0 Å². The van der Waals surface area contributed by atoms with Crippen LogP contribution in [-0.4, -0.2) is 11.4 Å². The van der Waals surface area contributed by atoms with Crippen molar-refractivity contribution >= 4 is 5.97 Å². The summed E-state index contributed by atoms with van der Waals surface area (Å²) < 4.78 is 62.0. The molecule has 0 aromatic heterocycles. The van der Waals surface area contributed by atoms with E-state index in [4.69, 9.17) is 0 Å². The summed E-state index contributed by atoms with van der Waals surface area (Å²) in [6.45, 7) is 0. The van der Waals surface area contributed by atoms with E-state index in [9.17, 15) is 31.9 Å². The van der Waals surface area contributed by atoms with Gasteiger partial charge in [-0.05, 0) is 0 Å². The first-order chi connectivity index (χ1) is 6.37. The van der Waals surface area contributed by atoms with E-state index >= 15 is 0 Å². The summed E-state index contributed by atoms with van der Waals surface area (Å²) in [7, 11) is 0. The Bertz CT molecular complexity index is 394. The zero-order valence-electron chi connectivity index (χ0n) is 7.71. The van der Waals surface area contributed by atoms with E-state index < -0.39 is 40.6 Å². The third-order valence-electron chi connectivity index (χ3n) is 1.41. The van der Waals surface area contributed by atoms with Crippen LogP contribution in [0.25, 0.3) is 0 Å². The van der Waals surface area contributed by atoms with Crippen LogP contribution in [0.1, 0.15) is 10.4 Å². The standard InChI is InChI=1S/C7HF5O2.Na.H2O/c8-2-1(7(13)14)3(9)5(11)6(12)4(2)10;;/h(H,13,14);;1H2/q;+1;/p-1. The summed E-state index contributed by atoms with van der Waals surface area (Å²) in [6.07, 6.45) is 0. The third kappa shape index (κ3) is 2.70. The molecule has 2 N–H and O–H groups in total. The van der Waals surface area contributed by atoms with Gasteiger partial charge in [0.25, 0.3) is 0 Å². The summed E-state index contributed by atoms with van der Waals surface area (Å²) in [6, 6.07) is 0. The smallest absolute Gasteiger partial charge is 0.545 e. The number of benzene rings is 1. The van der Waals surface area contributed by atoms with Crippen LogP contribution in [0.3, 0.4) is 0 Å². The van der Waals surface area contributed by atoms with E-state index in [2.05, 4.69) is 0 Å². The van der Waals surface area contributed by atoms with E-state index in [1.807, 2.05) is 0 Å². The van der Waals surface area contributed by atoms with Crippen molar-refractivity contribution in [3.63, 3.8) is 0 Å². The van der Waals surface area contributed by atoms with Crippen LogP contribution in [-0.2, 0) is 0 Å². The normalized spacial score (nSPS) is 9.06. The molecule has 1 aromatic carbocycles. The Labute approximate surface area is 107 Å². The molecule has 0 unspecified atom stereocenters. The number of aromatic carboxylic acids is 1. The molecule has 0 spiro atoms. The van der Waals surface area contributed by atoms with Gasteiger partial charge in [-0.15, -0.1) is 0 Å². The van der Waals surface area contributed by atoms with Gasteiger partial charge in [-0.3, -0.25) is 0 Å². The van der Waals surface area contributed by atoms with Gasteiger partial charge in [0.05, 0.1) is 11.5 Å². The monoisotopic (exact) mass is 252 g/mol. The largest absolute Gasteiger partial charge is 1.00 e. The van der Waals surface area contributed by atoms with Crippen LogP contribution >= 0.6 is 0 Å². The van der Waals surface area contributed by atoms with E-state index in [0.29, 0.717) is 0 Å². The van der Waals surface area contributed by atoms with Gasteiger partial charge in [-0.2, -0.15) is 0 Å². The zero-order valence-corrected chi connectivity index (χ0v) is 9.71. The Kier molecular flexibility index (Phi) is 6.79. The summed E-state index contributed by atoms with van der Waals surface area (Å²) in [5.41, 5.74) is -1.97. The molecular weight excluding hydrogens is 250 g/mol. The predicted octanol–water partition coefficient (Wildman–Crippen LogP) is -3.08. The first-order valence-electron chi connectivity index (χ1n) is 3.10. The van der Waals surface area contributed by atoms with Crippen molar-refractivity contribution in [2.75, 3.05) is 0 Å². The number of carboxylic acids is 1. The molecule has 1 rings (SSSR count). The Morgan fingerprint density at radius 3 is 1.31 bits per heavy atom. The van der Waals surface area contributed by atoms with Gasteiger partial charge in [0.2, 0.25) is 5.82 Å². The summed E-state index contributed by atoms with van der Waals surface area (Å²) in [4.78, 5) is 10.0. The summed E-state index contributed by atoms with van der Waals surface area (Å²) >= 11 is 0. The zero-order chi connectivity index (χ0) is 11.0. The molecule has 0 fully saturated rings. The number of carbonyl (C=O) groups is 1. The second-order valence-corrected chi connectivity index (χ2v) is 2.23. The van der Waals surface area contributed by atoms with Crippen molar-refractivity contribution < 1.29 is 66.9 Å². The van der Waals surface area contributed by atoms with E-state index in [1.165, 1.54) is 0 Å². The number of carbonyl (C=O) groups excluding carboxylic acids is 1. The Balaban J connectivity index is 0. The molecule has 0 bridgehead atoms. The minimum absolute atomic E-state index is 0. The van der Waals surface area contributed by atoms with Crippen molar-refractivity contribution in [3.05, 3.63) is 34.6 Å². The molecule has 0 heterocycles. The SMILES string of the molecule is O.O=C([O-])c1c(F)c(F)c(F)c(F)c1F.[Na+]. The molecule has 0 aliphatic carbocycles. The van der Waals surface area contributed by atoms with Gasteiger partial charge in [0.1, 0.15) is 0 Å². The first kappa shape index (κ1) is 17.7. The molecule has 84 valence electrons. The molecule has 0 amide bonds. The average Bonchev–Trinajstić information content (AvgIpc) is 2.11. The molecule has 0 radical (unpaired) electrons. The number of halogens is 5. The number of rotatable bonds is 1. The van der Waals surface area contributed by atoms with Gasteiger partial charge in [-0.25, -0.2) is 22.0 Å². The minimum Gasteiger partial charge on any atom is -0.545 e. The molecule has 16 heavy (non-hydrogen) atoms. The number of carboxylic acid groups (broad SMARTS) is 1. The van der Waals surface area contributed by atoms with Crippen LogP contribution in [0.4, 0.5) is 22.0 Å². The van der Waals surface area contributed by atoms with E-state index in [-0.39, 0.29) is 35.0 Å². The van der Waals surface area contributed by atoms with Crippen LogP contribution in [0.5, 0.6) is 0 Å². The molecule has 9 heteroatoms. The number of hydrogen-bond donors (Lipinski definition) is 0. The van der Waals surface area contributed by atoms with E-state index in [0.717, 1.165) is 0 Å². The third-order valence-corrected chi connectivity index (χ3v) is 1.41. The quantitative estimate of drug-likeness (QED) is 0.230. The average molecular weight is 252 g/mol. The predicted molar refractivity (Wildman–Crippen MR) is 34.2 cm³/mol. The van der Waals surface area contributed by atoms with Crippen molar-refractivity contribution in [2.24, 2.45) is 0 Å². The fourth-order valence-corrected chi connectivity index (χ4v) is 0.784. The summed E-state index contributed by atoms with van der Waals surface area (Å²) in [5, 5.41) is 10.0. The second-order valence-electron chi connectivity index (χ2n) is 2.23. The topological polar surface area (TPSA) is 71.6 Å². The second kappa shape index (κ2) is 6.14. The van der Waals surface area contributed by atoms with Crippen LogP contribution < -0.4 is 34.7 Å². The van der Waals surface area contributed by atoms with Gasteiger partial charge in [0.15, 0.2) is 23.3 Å². The maximum atomic E-state index is 12.5. The molecule has 3 nitrogen and oxygen atoms in total. The fourth-order valence-electron chi connectivity index (χ4n) is 0.784. The molecular formula is C7H2F5NaO3. The molecule has 0 aliphatic rings. The van der Waals surface area contributed by atoms with Gasteiger partial charge < -0.3 is 15.4 Å². The minimum atomic E-state index is -2.47. The molecule has 0 atom stereocenters. The molecule has 1 aromatic rings. The van der Waals surface area contributed by atoms with Crippen molar-refractivity contribution in [1.82, 2.24) is 0 Å². The van der Waals surface area contributed by atoms with Crippen LogP contribution in [0.2, 0.25) is 0 Å². The molecule has 0 aliphatic heterocycles. The van der Waals surface area contributed by atoms with Crippen molar-refractivity contribution in [3.8, 4) is 0 Å². The maximum Gasteiger partial charge on any atom is 1.00 e. The first-order valence-corrected chi connectivity index (χ1v) is 3.10. The Hall–Kier alpha value is -0.700. The maximum absolute atomic E-state index is 12.5. The fraction of sp³-hybridized carbons (Fsp3) is 0. The molecule has 0 saturated heterocycles. The van der Waals surface area contributed by atoms with E-state index in [1.54, 1.807) is 0 Å².